The van der Waals surface area contributed by atoms with Crippen LogP contribution >= 0.6 is 0 Å². The van der Waals surface area contributed by atoms with E-state index in [1.807, 2.05) is 0 Å². The molecule has 0 saturated heterocycles. The Balaban J connectivity index is 2.31. The van der Waals surface area contributed by atoms with Crippen molar-refractivity contribution in [2.24, 2.45) is 5.73 Å². The molecule has 0 atom stereocenters. The Morgan fingerprint density at radius 3 is 2.80 bits per heavy atom. The summed E-state index contributed by atoms with van der Waals surface area (Å²) >= 11 is 0. The molecule has 0 aliphatic rings. The largest absolute Gasteiger partial charge is 0.434 e. The predicted octanol–water partition coefficient (Wildman–Crippen LogP) is 1.31. The SMILES string of the molecule is NCCCCCCn1ccnc1[N+](=O)[O-]. The molecule has 0 unspecified atom stereocenters. The highest BCUT2D eigenvalue weighted by atomic mass is 16.6. The minimum Gasteiger partial charge on any atom is -0.390 e. The number of rotatable bonds is 7. The molecule has 1 aromatic heterocycles. The zero-order chi connectivity index (χ0) is 11.1. The molecule has 1 heterocycles. The molecule has 0 aromatic carbocycles. The van der Waals surface area contributed by atoms with E-state index < -0.39 is 4.92 Å². The van der Waals surface area contributed by atoms with E-state index in [0.29, 0.717) is 13.1 Å². The number of hydrogen-bond donors (Lipinski definition) is 1. The van der Waals surface area contributed by atoms with Gasteiger partial charge in [0.05, 0.1) is 6.54 Å². The molecule has 84 valence electrons. The Hall–Kier alpha value is -1.43. The monoisotopic (exact) mass is 212 g/mol. The van der Waals surface area contributed by atoms with Crippen LogP contribution in [0.3, 0.4) is 0 Å². The maximum atomic E-state index is 10.5. The number of aryl methyl sites for hydroxylation is 1. The summed E-state index contributed by atoms with van der Waals surface area (Å²) in [6, 6.07) is 0. The van der Waals surface area contributed by atoms with Crippen LogP contribution in [0, 0.1) is 10.1 Å². The smallest absolute Gasteiger partial charge is 0.390 e. The summed E-state index contributed by atoms with van der Waals surface area (Å²) in [4.78, 5) is 13.7. The summed E-state index contributed by atoms with van der Waals surface area (Å²) in [5.41, 5.74) is 5.36. The molecule has 2 N–H and O–H groups in total. The minimum absolute atomic E-state index is 0.0752. The zero-order valence-electron chi connectivity index (χ0n) is 8.63. The van der Waals surface area contributed by atoms with Crippen LogP contribution in [-0.2, 0) is 6.54 Å². The van der Waals surface area contributed by atoms with Crippen molar-refractivity contribution in [2.75, 3.05) is 6.54 Å². The number of imidazole rings is 1. The second-order valence-electron chi connectivity index (χ2n) is 3.38. The van der Waals surface area contributed by atoms with E-state index in [-0.39, 0.29) is 5.95 Å². The second-order valence-corrected chi connectivity index (χ2v) is 3.38. The van der Waals surface area contributed by atoms with Gasteiger partial charge in [0.1, 0.15) is 12.4 Å². The van der Waals surface area contributed by atoms with Crippen molar-refractivity contribution in [3.8, 4) is 0 Å². The van der Waals surface area contributed by atoms with Gasteiger partial charge in [0, 0.05) is 0 Å². The van der Waals surface area contributed by atoms with E-state index in [1.165, 1.54) is 6.20 Å². The van der Waals surface area contributed by atoms with Gasteiger partial charge in [0.2, 0.25) is 0 Å². The average molecular weight is 212 g/mol. The highest BCUT2D eigenvalue weighted by Crippen LogP contribution is 2.09. The maximum Gasteiger partial charge on any atom is 0.434 e. The lowest BCUT2D eigenvalue weighted by molar-refractivity contribution is -0.396. The Kier molecular flexibility index (Phi) is 4.76. The van der Waals surface area contributed by atoms with Gasteiger partial charge < -0.3 is 15.8 Å². The molecular formula is C9H16N4O2. The van der Waals surface area contributed by atoms with Crippen LogP contribution in [0.1, 0.15) is 25.7 Å². The summed E-state index contributed by atoms with van der Waals surface area (Å²) in [5.74, 6) is -0.0752. The maximum absolute atomic E-state index is 10.5. The second kappa shape index (κ2) is 6.13. The fourth-order valence-corrected chi connectivity index (χ4v) is 1.43. The van der Waals surface area contributed by atoms with Crippen molar-refractivity contribution < 1.29 is 4.92 Å². The van der Waals surface area contributed by atoms with Crippen molar-refractivity contribution in [1.29, 1.82) is 0 Å². The molecule has 0 spiro atoms. The van der Waals surface area contributed by atoms with Crippen LogP contribution < -0.4 is 5.73 Å². The van der Waals surface area contributed by atoms with Crippen molar-refractivity contribution in [2.45, 2.75) is 32.2 Å². The summed E-state index contributed by atoms with van der Waals surface area (Å²) < 4.78 is 1.57. The van der Waals surface area contributed by atoms with E-state index in [4.69, 9.17) is 5.73 Å². The van der Waals surface area contributed by atoms with Crippen LogP contribution in [0.5, 0.6) is 0 Å². The van der Waals surface area contributed by atoms with E-state index in [0.717, 1.165) is 25.7 Å². The molecule has 0 saturated carbocycles. The standard InChI is InChI=1S/C9H16N4O2/c10-5-3-1-2-4-7-12-8-6-11-9(12)13(14)15/h6,8H,1-5,7,10H2. The van der Waals surface area contributed by atoms with E-state index in [9.17, 15) is 10.1 Å². The molecular weight excluding hydrogens is 196 g/mol. The van der Waals surface area contributed by atoms with Crippen molar-refractivity contribution in [3.63, 3.8) is 0 Å². The molecule has 1 aromatic rings. The van der Waals surface area contributed by atoms with Gasteiger partial charge in [-0.15, -0.1) is 0 Å². The third-order valence-electron chi connectivity index (χ3n) is 2.21. The third kappa shape index (κ3) is 3.67. The van der Waals surface area contributed by atoms with Crippen LogP contribution in [0.2, 0.25) is 0 Å². The first kappa shape index (κ1) is 11.6. The molecule has 15 heavy (non-hydrogen) atoms. The highest BCUT2D eigenvalue weighted by Gasteiger charge is 2.12. The first-order valence-electron chi connectivity index (χ1n) is 5.11. The first-order valence-corrected chi connectivity index (χ1v) is 5.11. The number of hydrogen-bond acceptors (Lipinski definition) is 4. The lowest BCUT2D eigenvalue weighted by Gasteiger charge is -2.01. The molecule has 0 aliphatic carbocycles. The van der Waals surface area contributed by atoms with Crippen molar-refractivity contribution in [1.82, 2.24) is 9.55 Å². The van der Waals surface area contributed by atoms with Crippen LogP contribution in [0.15, 0.2) is 12.4 Å². The Morgan fingerprint density at radius 1 is 1.40 bits per heavy atom. The fourth-order valence-electron chi connectivity index (χ4n) is 1.43. The lowest BCUT2D eigenvalue weighted by Crippen LogP contribution is -2.03. The predicted molar refractivity (Wildman–Crippen MR) is 56.4 cm³/mol. The highest BCUT2D eigenvalue weighted by molar-refractivity contribution is 5.06. The summed E-state index contributed by atoms with van der Waals surface area (Å²) in [7, 11) is 0. The molecule has 0 amide bonds. The normalized spacial score (nSPS) is 10.5. The van der Waals surface area contributed by atoms with Gasteiger partial charge >= 0.3 is 5.95 Å². The summed E-state index contributed by atoms with van der Waals surface area (Å²) in [5, 5.41) is 10.5. The van der Waals surface area contributed by atoms with Gasteiger partial charge in [0.15, 0.2) is 0 Å². The van der Waals surface area contributed by atoms with Crippen LogP contribution in [-0.4, -0.2) is 21.0 Å². The van der Waals surface area contributed by atoms with E-state index in [2.05, 4.69) is 4.98 Å². The van der Waals surface area contributed by atoms with Gasteiger partial charge in [-0.25, -0.2) is 4.57 Å². The molecule has 1 rings (SSSR count). The quantitative estimate of drug-likeness (QED) is 0.419. The van der Waals surface area contributed by atoms with Gasteiger partial charge in [-0.05, 0) is 24.3 Å². The minimum atomic E-state index is -0.458. The van der Waals surface area contributed by atoms with E-state index >= 15 is 0 Å². The van der Waals surface area contributed by atoms with Gasteiger partial charge in [-0.1, -0.05) is 17.8 Å². The molecule has 0 radical (unpaired) electrons. The number of nitrogens with zero attached hydrogens (tertiary/aromatic N) is 3. The van der Waals surface area contributed by atoms with Crippen LogP contribution in [0.25, 0.3) is 0 Å². The Morgan fingerprint density at radius 2 is 2.13 bits per heavy atom. The van der Waals surface area contributed by atoms with E-state index in [1.54, 1.807) is 10.8 Å². The third-order valence-corrected chi connectivity index (χ3v) is 2.21. The molecule has 0 fully saturated rings. The number of nitrogens with two attached hydrogens (primary N) is 1. The first-order chi connectivity index (χ1) is 7.25. The summed E-state index contributed by atoms with van der Waals surface area (Å²) in [6.45, 7) is 1.37. The van der Waals surface area contributed by atoms with Gasteiger partial charge in [0.25, 0.3) is 0 Å². The van der Waals surface area contributed by atoms with Crippen molar-refractivity contribution >= 4 is 5.95 Å². The zero-order valence-corrected chi connectivity index (χ0v) is 8.63. The Labute approximate surface area is 88.3 Å². The fraction of sp³-hybridized carbons (Fsp3) is 0.667. The van der Waals surface area contributed by atoms with Gasteiger partial charge in [-0.2, -0.15) is 0 Å². The number of unbranched alkanes of at least 4 members (excludes halogenated alkanes) is 3. The number of nitro groups is 1. The molecule has 0 aliphatic heterocycles. The average Bonchev–Trinajstić information content (AvgIpc) is 2.66. The van der Waals surface area contributed by atoms with Gasteiger partial charge in [-0.3, -0.25) is 0 Å². The molecule has 6 heteroatoms. The molecule has 0 bridgehead atoms. The summed E-state index contributed by atoms with van der Waals surface area (Å²) in [6.07, 6.45) is 7.17. The van der Waals surface area contributed by atoms with Crippen molar-refractivity contribution in [3.05, 3.63) is 22.5 Å². The number of aromatic nitrogens is 2. The lowest BCUT2D eigenvalue weighted by atomic mass is 10.2. The molecule has 6 nitrogen and oxygen atoms in total. The Bertz CT molecular complexity index is 311. The topological polar surface area (TPSA) is 87.0 Å². The van der Waals surface area contributed by atoms with Crippen LogP contribution in [0.4, 0.5) is 5.95 Å².